The van der Waals surface area contributed by atoms with Crippen molar-refractivity contribution in [3.05, 3.63) is 24.3 Å². The zero-order valence-electron chi connectivity index (χ0n) is 13.7. The molecular weight excluding hydrogens is 332 g/mol. The number of carbonyl (C=O) groups excluding carboxylic acids is 2. The first-order chi connectivity index (χ1) is 11.4. The highest BCUT2D eigenvalue weighted by molar-refractivity contribution is 7.89. The lowest BCUT2D eigenvalue weighted by Gasteiger charge is -2.20. The molecule has 1 aliphatic heterocycles. The highest BCUT2D eigenvalue weighted by Crippen LogP contribution is 2.22. The predicted molar refractivity (Wildman–Crippen MR) is 88.9 cm³/mol. The van der Waals surface area contributed by atoms with Gasteiger partial charge in [-0.05, 0) is 31.0 Å². The molecule has 1 amide bonds. The van der Waals surface area contributed by atoms with E-state index in [1.807, 2.05) is 0 Å². The minimum Gasteiger partial charge on any atom is -0.456 e. The molecule has 132 valence electrons. The lowest BCUT2D eigenvalue weighted by molar-refractivity contribution is -0.144. The topological polar surface area (TPSA) is 92.8 Å². The third-order valence-corrected chi connectivity index (χ3v) is 5.62. The molecule has 1 aromatic carbocycles. The van der Waals surface area contributed by atoms with E-state index in [-0.39, 0.29) is 4.90 Å². The lowest BCUT2D eigenvalue weighted by atomic mass is 10.2. The zero-order valence-corrected chi connectivity index (χ0v) is 14.5. The van der Waals surface area contributed by atoms with Crippen molar-refractivity contribution in [3.8, 4) is 0 Å². The smallest absolute Gasteiger partial charge is 0.303 e. The Hall–Kier alpha value is -1.93. The Kier molecular flexibility index (Phi) is 6.33. The van der Waals surface area contributed by atoms with Crippen molar-refractivity contribution in [2.75, 3.05) is 25.0 Å². The number of nitrogens with one attached hydrogen (secondary N) is 1. The SMILES string of the molecule is CC(=O)OCC(=O)Nc1cccc(S(=O)(=O)N2CCCCCC2)c1. The number of carbonyl (C=O) groups is 2. The Morgan fingerprint density at radius 1 is 1.17 bits per heavy atom. The lowest BCUT2D eigenvalue weighted by Crippen LogP contribution is -2.32. The van der Waals surface area contributed by atoms with E-state index in [2.05, 4.69) is 10.1 Å². The van der Waals surface area contributed by atoms with E-state index < -0.39 is 28.5 Å². The van der Waals surface area contributed by atoms with E-state index in [1.54, 1.807) is 12.1 Å². The van der Waals surface area contributed by atoms with Gasteiger partial charge >= 0.3 is 5.97 Å². The maximum absolute atomic E-state index is 12.7. The Bertz CT molecular complexity index is 694. The average Bonchev–Trinajstić information content (AvgIpc) is 2.83. The maximum Gasteiger partial charge on any atom is 0.303 e. The number of hydrogen-bond donors (Lipinski definition) is 1. The molecule has 0 atom stereocenters. The highest BCUT2D eigenvalue weighted by atomic mass is 32.2. The van der Waals surface area contributed by atoms with Crippen molar-refractivity contribution in [1.82, 2.24) is 4.31 Å². The third-order valence-electron chi connectivity index (χ3n) is 3.73. The van der Waals surface area contributed by atoms with Crippen molar-refractivity contribution in [3.63, 3.8) is 0 Å². The Labute approximate surface area is 142 Å². The molecule has 8 heteroatoms. The number of hydrogen-bond acceptors (Lipinski definition) is 5. The van der Waals surface area contributed by atoms with Crippen molar-refractivity contribution in [1.29, 1.82) is 0 Å². The van der Waals surface area contributed by atoms with Crippen molar-refractivity contribution in [2.45, 2.75) is 37.5 Å². The molecule has 7 nitrogen and oxygen atoms in total. The Morgan fingerprint density at radius 2 is 1.83 bits per heavy atom. The van der Waals surface area contributed by atoms with Crippen LogP contribution in [0.25, 0.3) is 0 Å². The van der Waals surface area contributed by atoms with Gasteiger partial charge in [0.15, 0.2) is 6.61 Å². The van der Waals surface area contributed by atoms with Gasteiger partial charge in [0, 0.05) is 25.7 Å². The van der Waals surface area contributed by atoms with E-state index in [4.69, 9.17) is 0 Å². The van der Waals surface area contributed by atoms with E-state index in [0.29, 0.717) is 18.8 Å². The summed E-state index contributed by atoms with van der Waals surface area (Å²) in [5.41, 5.74) is 0.350. The van der Waals surface area contributed by atoms with Crippen LogP contribution < -0.4 is 5.32 Å². The molecule has 0 radical (unpaired) electrons. The fourth-order valence-electron chi connectivity index (χ4n) is 2.53. The zero-order chi connectivity index (χ0) is 17.6. The summed E-state index contributed by atoms with van der Waals surface area (Å²) < 4.78 is 31.6. The second kappa shape index (κ2) is 8.25. The van der Waals surface area contributed by atoms with Crippen LogP contribution in [0, 0.1) is 0 Å². The van der Waals surface area contributed by atoms with Crippen molar-refractivity contribution in [2.24, 2.45) is 0 Å². The van der Waals surface area contributed by atoms with Gasteiger partial charge < -0.3 is 10.1 Å². The van der Waals surface area contributed by atoms with Crippen LogP contribution in [0.2, 0.25) is 0 Å². The molecule has 24 heavy (non-hydrogen) atoms. The number of amides is 1. The fraction of sp³-hybridized carbons (Fsp3) is 0.500. The first kappa shape index (κ1) is 18.4. The van der Waals surface area contributed by atoms with Gasteiger partial charge in [0.2, 0.25) is 10.0 Å². The summed E-state index contributed by atoms with van der Waals surface area (Å²) in [6.45, 7) is 1.84. The first-order valence-electron chi connectivity index (χ1n) is 7.93. The second-order valence-corrected chi connectivity index (χ2v) is 7.61. The summed E-state index contributed by atoms with van der Waals surface area (Å²) >= 11 is 0. The van der Waals surface area contributed by atoms with Crippen LogP contribution in [0.3, 0.4) is 0 Å². The molecule has 0 spiro atoms. The molecule has 1 aliphatic rings. The van der Waals surface area contributed by atoms with Crippen LogP contribution in [0.5, 0.6) is 0 Å². The van der Waals surface area contributed by atoms with Crippen LogP contribution >= 0.6 is 0 Å². The van der Waals surface area contributed by atoms with Crippen LogP contribution in [0.15, 0.2) is 29.2 Å². The van der Waals surface area contributed by atoms with Crippen molar-refractivity contribution < 1.29 is 22.7 Å². The van der Waals surface area contributed by atoms with Gasteiger partial charge in [-0.3, -0.25) is 9.59 Å². The molecule has 0 bridgehead atoms. The second-order valence-electron chi connectivity index (χ2n) is 5.67. The average molecular weight is 354 g/mol. The van der Waals surface area contributed by atoms with Gasteiger partial charge in [0.05, 0.1) is 4.90 Å². The van der Waals surface area contributed by atoms with Crippen molar-refractivity contribution >= 4 is 27.6 Å². The molecule has 1 aromatic rings. The van der Waals surface area contributed by atoms with Crippen LogP contribution in [-0.2, 0) is 24.3 Å². The number of benzene rings is 1. The molecule has 0 saturated carbocycles. The van der Waals surface area contributed by atoms with E-state index in [1.165, 1.54) is 23.4 Å². The predicted octanol–water partition coefficient (Wildman–Crippen LogP) is 1.75. The number of sulfonamides is 1. The maximum atomic E-state index is 12.7. The third kappa shape index (κ3) is 5.04. The van der Waals surface area contributed by atoms with E-state index >= 15 is 0 Å². The minimum absolute atomic E-state index is 0.148. The normalized spacial score (nSPS) is 16.2. The number of nitrogens with zero attached hydrogens (tertiary/aromatic N) is 1. The van der Waals surface area contributed by atoms with Gasteiger partial charge in [0.25, 0.3) is 5.91 Å². The quantitative estimate of drug-likeness (QED) is 0.813. The molecule has 1 N–H and O–H groups in total. The number of anilines is 1. The molecule has 2 rings (SSSR count). The van der Waals surface area contributed by atoms with Gasteiger partial charge in [-0.2, -0.15) is 4.31 Å². The highest BCUT2D eigenvalue weighted by Gasteiger charge is 2.25. The molecule has 0 aromatic heterocycles. The molecule has 0 unspecified atom stereocenters. The number of rotatable bonds is 5. The van der Waals surface area contributed by atoms with Crippen LogP contribution in [0.4, 0.5) is 5.69 Å². The van der Waals surface area contributed by atoms with E-state index in [0.717, 1.165) is 25.7 Å². The summed E-state index contributed by atoms with van der Waals surface area (Å²) in [6, 6.07) is 6.10. The largest absolute Gasteiger partial charge is 0.456 e. The molecule has 0 aliphatic carbocycles. The van der Waals surface area contributed by atoms with Gasteiger partial charge in [-0.15, -0.1) is 0 Å². The Morgan fingerprint density at radius 3 is 2.46 bits per heavy atom. The van der Waals surface area contributed by atoms with Gasteiger partial charge in [0.1, 0.15) is 0 Å². The number of esters is 1. The fourth-order valence-corrected chi connectivity index (χ4v) is 4.09. The van der Waals surface area contributed by atoms with Gasteiger partial charge in [-0.25, -0.2) is 8.42 Å². The standard InChI is InChI=1S/C16H22N2O5S/c1-13(19)23-12-16(20)17-14-7-6-8-15(11-14)24(21,22)18-9-4-2-3-5-10-18/h6-8,11H,2-5,9-10,12H2,1H3,(H,17,20). The summed E-state index contributed by atoms with van der Waals surface area (Å²) in [7, 11) is -3.57. The monoisotopic (exact) mass is 354 g/mol. The van der Waals surface area contributed by atoms with E-state index in [9.17, 15) is 18.0 Å². The number of ether oxygens (including phenoxy) is 1. The molecule has 1 heterocycles. The van der Waals surface area contributed by atoms with Gasteiger partial charge in [-0.1, -0.05) is 18.9 Å². The molecular formula is C16H22N2O5S. The summed E-state index contributed by atoms with van der Waals surface area (Å²) in [4.78, 5) is 22.5. The summed E-state index contributed by atoms with van der Waals surface area (Å²) in [6.07, 6.45) is 3.80. The Balaban J connectivity index is 2.11. The summed E-state index contributed by atoms with van der Waals surface area (Å²) in [5.74, 6) is -1.07. The first-order valence-corrected chi connectivity index (χ1v) is 9.37. The summed E-state index contributed by atoms with van der Waals surface area (Å²) in [5, 5.41) is 2.53. The molecule has 1 saturated heterocycles. The van der Waals surface area contributed by atoms with Crippen LogP contribution in [0.1, 0.15) is 32.6 Å². The molecule has 1 fully saturated rings. The minimum atomic E-state index is -3.57. The van der Waals surface area contributed by atoms with Crippen LogP contribution in [-0.4, -0.2) is 44.3 Å².